The van der Waals surface area contributed by atoms with Gasteiger partial charge in [-0.1, -0.05) is 0 Å². The Morgan fingerprint density at radius 3 is 2.62 bits per heavy atom. The Bertz CT molecular complexity index is 370. The molecule has 1 aliphatic carbocycles. The minimum absolute atomic E-state index is 0.176. The molecule has 0 atom stereocenters. The van der Waals surface area contributed by atoms with Crippen LogP contribution in [0, 0.1) is 0 Å². The summed E-state index contributed by atoms with van der Waals surface area (Å²) in [7, 11) is 0. The molecule has 7 heteroatoms. The van der Waals surface area contributed by atoms with E-state index in [0.717, 1.165) is 5.69 Å². The van der Waals surface area contributed by atoms with Crippen molar-refractivity contribution < 1.29 is 13.2 Å². The van der Waals surface area contributed by atoms with Gasteiger partial charge in [0.1, 0.15) is 5.54 Å². The summed E-state index contributed by atoms with van der Waals surface area (Å²) in [4.78, 5) is 3.99. The Morgan fingerprint density at radius 2 is 2.19 bits per heavy atom. The summed E-state index contributed by atoms with van der Waals surface area (Å²) in [5.41, 5.74) is 4.54. The van der Waals surface area contributed by atoms with Gasteiger partial charge in [0.2, 0.25) is 0 Å². The molecule has 1 heterocycles. The van der Waals surface area contributed by atoms with Crippen LogP contribution in [0.15, 0.2) is 5.38 Å². The SMILES string of the molecule is Nc1nc(CCNC2(C(F)(F)F)CC2)cs1. The standard InChI is InChI=1S/C9H12F3N3S/c10-9(11,12)8(2-3-8)14-4-1-6-5-16-7(13)15-6/h5,14H,1-4H2,(H2,13,15). The fourth-order valence-corrected chi connectivity index (χ4v) is 2.15. The van der Waals surface area contributed by atoms with Gasteiger partial charge in [0.15, 0.2) is 5.13 Å². The Morgan fingerprint density at radius 1 is 1.50 bits per heavy atom. The number of anilines is 1. The monoisotopic (exact) mass is 251 g/mol. The van der Waals surface area contributed by atoms with Gasteiger partial charge in [-0.25, -0.2) is 4.98 Å². The quantitative estimate of drug-likeness (QED) is 0.860. The third-order valence-corrected chi connectivity index (χ3v) is 3.43. The predicted octanol–water partition coefficient (Wildman–Crippen LogP) is 1.95. The second kappa shape index (κ2) is 3.89. The van der Waals surface area contributed by atoms with Crippen molar-refractivity contribution in [1.29, 1.82) is 0 Å². The molecule has 0 unspecified atom stereocenters. The first-order valence-corrected chi connectivity index (χ1v) is 5.83. The first kappa shape index (κ1) is 11.7. The van der Waals surface area contributed by atoms with E-state index in [-0.39, 0.29) is 19.4 Å². The first-order chi connectivity index (χ1) is 7.43. The van der Waals surface area contributed by atoms with Crippen LogP contribution in [0.5, 0.6) is 0 Å². The fraction of sp³-hybridized carbons (Fsp3) is 0.667. The summed E-state index contributed by atoms with van der Waals surface area (Å²) >= 11 is 1.30. The zero-order valence-corrected chi connectivity index (χ0v) is 9.29. The second-order valence-corrected chi connectivity index (χ2v) is 4.82. The molecule has 0 amide bonds. The maximum atomic E-state index is 12.5. The number of nitrogens with one attached hydrogen (secondary N) is 1. The van der Waals surface area contributed by atoms with Gasteiger partial charge in [0.05, 0.1) is 5.69 Å². The summed E-state index contributed by atoms with van der Waals surface area (Å²) in [6.45, 7) is 0.280. The summed E-state index contributed by atoms with van der Waals surface area (Å²) in [6, 6.07) is 0. The summed E-state index contributed by atoms with van der Waals surface area (Å²) in [5, 5.41) is 4.79. The van der Waals surface area contributed by atoms with Crippen molar-refractivity contribution >= 4 is 16.5 Å². The molecule has 0 aromatic carbocycles. The Hall–Kier alpha value is -0.820. The molecule has 1 saturated carbocycles. The van der Waals surface area contributed by atoms with Crippen LogP contribution in [0.25, 0.3) is 0 Å². The van der Waals surface area contributed by atoms with E-state index in [2.05, 4.69) is 10.3 Å². The number of nitrogens with zero attached hydrogens (tertiary/aromatic N) is 1. The smallest absolute Gasteiger partial charge is 0.375 e. The average Bonchev–Trinajstić information content (AvgIpc) is 2.85. The predicted molar refractivity (Wildman–Crippen MR) is 56.3 cm³/mol. The highest BCUT2D eigenvalue weighted by Gasteiger charge is 2.62. The maximum absolute atomic E-state index is 12.5. The lowest BCUT2D eigenvalue weighted by atomic mass is 10.2. The van der Waals surface area contributed by atoms with Gasteiger partial charge in [0, 0.05) is 18.3 Å². The molecule has 3 nitrogen and oxygen atoms in total. The van der Waals surface area contributed by atoms with Crippen LogP contribution < -0.4 is 11.1 Å². The third kappa shape index (κ3) is 2.30. The Kier molecular flexibility index (Phi) is 2.83. The van der Waals surface area contributed by atoms with Gasteiger partial charge in [-0.2, -0.15) is 13.2 Å². The van der Waals surface area contributed by atoms with Crippen LogP contribution in [-0.4, -0.2) is 23.2 Å². The number of hydrogen-bond donors (Lipinski definition) is 2. The number of halogens is 3. The summed E-state index contributed by atoms with van der Waals surface area (Å²) < 4.78 is 37.6. The molecule has 1 aromatic rings. The van der Waals surface area contributed by atoms with Crippen LogP contribution in [0.1, 0.15) is 18.5 Å². The average molecular weight is 251 g/mol. The molecule has 0 bridgehead atoms. The molecule has 0 aliphatic heterocycles. The van der Waals surface area contributed by atoms with Crippen molar-refractivity contribution in [1.82, 2.24) is 10.3 Å². The fourth-order valence-electron chi connectivity index (χ4n) is 1.55. The zero-order chi connectivity index (χ0) is 11.8. The lowest BCUT2D eigenvalue weighted by molar-refractivity contribution is -0.165. The summed E-state index contributed by atoms with van der Waals surface area (Å²) in [6.07, 6.45) is -3.31. The lowest BCUT2D eigenvalue weighted by Crippen LogP contribution is -2.45. The lowest BCUT2D eigenvalue weighted by Gasteiger charge is -2.20. The van der Waals surface area contributed by atoms with Crippen molar-refractivity contribution in [3.8, 4) is 0 Å². The minimum Gasteiger partial charge on any atom is -0.375 e. The van der Waals surface area contributed by atoms with Gasteiger partial charge in [-0.15, -0.1) is 11.3 Å². The molecule has 90 valence electrons. The maximum Gasteiger partial charge on any atom is 0.406 e. The van der Waals surface area contributed by atoms with E-state index in [4.69, 9.17) is 5.73 Å². The van der Waals surface area contributed by atoms with Crippen molar-refractivity contribution in [2.45, 2.75) is 31.0 Å². The molecule has 1 fully saturated rings. The molecule has 0 spiro atoms. The zero-order valence-electron chi connectivity index (χ0n) is 8.47. The van der Waals surface area contributed by atoms with Gasteiger partial charge in [-0.05, 0) is 12.8 Å². The minimum atomic E-state index is -4.14. The number of nitrogens with two attached hydrogens (primary N) is 1. The van der Waals surface area contributed by atoms with Crippen LogP contribution in [0.2, 0.25) is 0 Å². The van der Waals surface area contributed by atoms with E-state index in [1.165, 1.54) is 11.3 Å². The topological polar surface area (TPSA) is 50.9 Å². The van der Waals surface area contributed by atoms with E-state index < -0.39 is 11.7 Å². The first-order valence-electron chi connectivity index (χ1n) is 4.95. The van der Waals surface area contributed by atoms with E-state index in [1.807, 2.05) is 0 Å². The molecule has 0 radical (unpaired) electrons. The molecule has 0 saturated heterocycles. The molecule has 16 heavy (non-hydrogen) atoms. The van der Waals surface area contributed by atoms with Gasteiger partial charge in [0.25, 0.3) is 0 Å². The summed E-state index contributed by atoms with van der Waals surface area (Å²) in [5.74, 6) is 0. The second-order valence-electron chi connectivity index (χ2n) is 3.93. The molecule has 3 N–H and O–H groups in total. The highest BCUT2D eigenvalue weighted by Crippen LogP contribution is 2.48. The van der Waals surface area contributed by atoms with E-state index in [9.17, 15) is 13.2 Å². The molecule has 1 aromatic heterocycles. The van der Waals surface area contributed by atoms with Gasteiger partial charge in [-0.3, -0.25) is 0 Å². The highest BCUT2D eigenvalue weighted by molar-refractivity contribution is 7.13. The van der Waals surface area contributed by atoms with Crippen LogP contribution in [0.3, 0.4) is 0 Å². The molecular weight excluding hydrogens is 239 g/mol. The number of hydrogen-bond acceptors (Lipinski definition) is 4. The molecule has 1 aliphatic rings. The number of alkyl halides is 3. The van der Waals surface area contributed by atoms with E-state index >= 15 is 0 Å². The molecule has 2 rings (SSSR count). The number of thiazole rings is 1. The Labute approximate surface area is 94.9 Å². The Balaban J connectivity index is 1.81. The number of rotatable bonds is 4. The van der Waals surface area contributed by atoms with E-state index in [1.54, 1.807) is 5.38 Å². The van der Waals surface area contributed by atoms with Crippen LogP contribution in [-0.2, 0) is 6.42 Å². The van der Waals surface area contributed by atoms with Crippen molar-refractivity contribution in [2.75, 3.05) is 12.3 Å². The molecular formula is C9H12F3N3S. The largest absolute Gasteiger partial charge is 0.406 e. The van der Waals surface area contributed by atoms with Crippen molar-refractivity contribution in [3.05, 3.63) is 11.1 Å². The van der Waals surface area contributed by atoms with Crippen molar-refractivity contribution in [2.24, 2.45) is 0 Å². The third-order valence-electron chi connectivity index (χ3n) is 2.71. The number of aromatic nitrogens is 1. The van der Waals surface area contributed by atoms with Crippen LogP contribution >= 0.6 is 11.3 Å². The normalized spacial score (nSPS) is 18.7. The van der Waals surface area contributed by atoms with Crippen LogP contribution in [0.4, 0.5) is 18.3 Å². The van der Waals surface area contributed by atoms with Crippen molar-refractivity contribution in [3.63, 3.8) is 0 Å². The van der Waals surface area contributed by atoms with Gasteiger partial charge < -0.3 is 11.1 Å². The number of nitrogen functional groups attached to an aromatic ring is 1. The highest BCUT2D eigenvalue weighted by atomic mass is 32.1. The van der Waals surface area contributed by atoms with Gasteiger partial charge >= 0.3 is 6.18 Å². The van der Waals surface area contributed by atoms with E-state index in [0.29, 0.717) is 11.6 Å².